The average Bonchev–Trinajstić information content (AvgIpc) is 3.40. The monoisotopic (exact) mass is 323 g/mol. The van der Waals surface area contributed by atoms with Crippen LogP contribution in [0.1, 0.15) is 31.1 Å². The summed E-state index contributed by atoms with van der Waals surface area (Å²) in [6, 6.07) is 12.9. The van der Waals surface area contributed by atoms with E-state index in [0.29, 0.717) is 23.4 Å². The molecule has 2 aromatic rings. The summed E-state index contributed by atoms with van der Waals surface area (Å²) in [4.78, 5) is 38.1. The van der Waals surface area contributed by atoms with Gasteiger partial charge in [-0.3, -0.25) is 9.59 Å². The molecule has 6 heteroatoms. The van der Waals surface area contributed by atoms with Gasteiger partial charge in [0.15, 0.2) is 0 Å². The van der Waals surface area contributed by atoms with E-state index in [2.05, 4.69) is 0 Å². The van der Waals surface area contributed by atoms with Gasteiger partial charge in [-0.25, -0.2) is 9.69 Å². The van der Waals surface area contributed by atoms with E-state index in [1.54, 1.807) is 42.5 Å². The standard InChI is InChI=1S/C18H13NO5/c20-16-14-6-1-2-7-15(14)17(21)19(16)12-5-3-4-11(8-12)18(22)24-10-13-9-23-13/h1-8,13H,9-10H2. The Morgan fingerprint density at radius 3 is 2.38 bits per heavy atom. The van der Waals surface area contributed by atoms with E-state index in [0.717, 1.165) is 4.90 Å². The minimum atomic E-state index is -0.510. The van der Waals surface area contributed by atoms with Crippen LogP contribution in [0.5, 0.6) is 0 Å². The highest BCUT2D eigenvalue weighted by Gasteiger charge is 2.36. The molecule has 0 bridgehead atoms. The average molecular weight is 323 g/mol. The van der Waals surface area contributed by atoms with Gasteiger partial charge in [0, 0.05) is 0 Å². The van der Waals surface area contributed by atoms with Gasteiger partial charge in [0.25, 0.3) is 11.8 Å². The summed E-state index contributed by atoms with van der Waals surface area (Å²) in [5, 5.41) is 0. The molecule has 0 aromatic heterocycles. The SMILES string of the molecule is O=C(OCC1CO1)c1cccc(N2C(=O)c3ccccc3C2=O)c1. The molecule has 24 heavy (non-hydrogen) atoms. The Balaban J connectivity index is 1.61. The molecule has 2 amide bonds. The minimum Gasteiger partial charge on any atom is -0.459 e. The number of amides is 2. The van der Waals surface area contributed by atoms with Crippen LogP contribution in [0.2, 0.25) is 0 Å². The third-order valence-corrected chi connectivity index (χ3v) is 3.94. The highest BCUT2D eigenvalue weighted by Crippen LogP contribution is 2.28. The van der Waals surface area contributed by atoms with Gasteiger partial charge in [-0.2, -0.15) is 0 Å². The topological polar surface area (TPSA) is 76.2 Å². The number of anilines is 1. The van der Waals surface area contributed by atoms with Gasteiger partial charge >= 0.3 is 5.97 Å². The van der Waals surface area contributed by atoms with Crippen molar-refractivity contribution in [2.24, 2.45) is 0 Å². The maximum Gasteiger partial charge on any atom is 0.338 e. The van der Waals surface area contributed by atoms with E-state index >= 15 is 0 Å². The van der Waals surface area contributed by atoms with Crippen molar-refractivity contribution in [2.45, 2.75) is 6.10 Å². The zero-order valence-electron chi connectivity index (χ0n) is 12.6. The lowest BCUT2D eigenvalue weighted by atomic mass is 10.1. The van der Waals surface area contributed by atoms with Crippen LogP contribution >= 0.6 is 0 Å². The first kappa shape index (κ1) is 14.6. The summed E-state index contributed by atoms with van der Waals surface area (Å²) >= 11 is 0. The third-order valence-electron chi connectivity index (χ3n) is 3.94. The molecular formula is C18H13NO5. The molecule has 120 valence electrons. The number of imide groups is 1. The Labute approximate surface area is 137 Å². The second-order valence-electron chi connectivity index (χ2n) is 5.60. The Morgan fingerprint density at radius 2 is 1.75 bits per heavy atom. The van der Waals surface area contributed by atoms with E-state index in [9.17, 15) is 14.4 Å². The molecule has 1 saturated heterocycles. The number of fused-ring (bicyclic) bond motifs is 1. The number of epoxide rings is 1. The fourth-order valence-corrected chi connectivity index (χ4v) is 2.61. The molecule has 6 nitrogen and oxygen atoms in total. The summed E-state index contributed by atoms with van der Waals surface area (Å²) in [5.41, 5.74) is 1.35. The second kappa shape index (κ2) is 5.58. The van der Waals surface area contributed by atoms with Crippen molar-refractivity contribution >= 4 is 23.5 Å². The molecule has 2 heterocycles. The Kier molecular flexibility index (Phi) is 3.39. The number of rotatable bonds is 4. The molecular weight excluding hydrogens is 310 g/mol. The first-order chi connectivity index (χ1) is 11.6. The van der Waals surface area contributed by atoms with Crippen LogP contribution in [0.3, 0.4) is 0 Å². The van der Waals surface area contributed by atoms with Gasteiger partial charge in [-0.1, -0.05) is 18.2 Å². The van der Waals surface area contributed by atoms with Crippen molar-refractivity contribution < 1.29 is 23.9 Å². The Morgan fingerprint density at radius 1 is 1.08 bits per heavy atom. The third kappa shape index (κ3) is 2.47. The lowest BCUT2D eigenvalue weighted by Gasteiger charge is -2.14. The van der Waals surface area contributed by atoms with Crippen molar-refractivity contribution in [2.75, 3.05) is 18.1 Å². The van der Waals surface area contributed by atoms with Gasteiger partial charge in [0.05, 0.1) is 29.0 Å². The van der Waals surface area contributed by atoms with Crippen LogP contribution in [-0.4, -0.2) is 37.1 Å². The van der Waals surface area contributed by atoms with E-state index in [1.807, 2.05) is 0 Å². The number of benzene rings is 2. The predicted molar refractivity (Wildman–Crippen MR) is 84.0 cm³/mol. The van der Waals surface area contributed by atoms with Crippen LogP contribution in [-0.2, 0) is 9.47 Å². The van der Waals surface area contributed by atoms with Crippen molar-refractivity contribution in [1.29, 1.82) is 0 Å². The summed E-state index contributed by atoms with van der Waals surface area (Å²) in [6.45, 7) is 0.804. The van der Waals surface area contributed by atoms with Gasteiger partial charge < -0.3 is 9.47 Å². The molecule has 2 aromatic carbocycles. The summed E-state index contributed by atoms with van der Waals surface area (Å²) in [5.74, 6) is -1.30. The largest absolute Gasteiger partial charge is 0.459 e. The van der Waals surface area contributed by atoms with Crippen LogP contribution in [0.25, 0.3) is 0 Å². The molecule has 0 spiro atoms. The fraction of sp³-hybridized carbons (Fsp3) is 0.167. The normalized spacial score (nSPS) is 18.5. The van der Waals surface area contributed by atoms with E-state index in [-0.39, 0.29) is 18.3 Å². The number of carbonyl (C=O) groups excluding carboxylic acids is 3. The van der Waals surface area contributed by atoms with E-state index in [4.69, 9.17) is 9.47 Å². The van der Waals surface area contributed by atoms with Crippen molar-refractivity contribution in [3.63, 3.8) is 0 Å². The maximum atomic E-state index is 12.5. The fourth-order valence-electron chi connectivity index (χ4n) is 2.61. The van der Waals surface area contributed by atoms with Crippen LogP contribution in [0.4, 0.5) is 5.69 Å². The predicted octanol–water partition coefficient (Wildman–Crippen LogP) is 2.04. The summed E-state index contributed by atoms with van der Waals surface area (Å²) in [7, 11) is 0. The number of ether oxygens (including phenoxy) is 2. The van der Waals surface area contributed by atoms with Crippen molar-refractivity contribution in [3.8, 4) is 0 Å². The number of nitrogens with zero attached hydrogens (tertiary/aromatic N) is 1. The number of hydrogen-bond acceptors (Lipinski definition) is 5. The van der Waals surface area contributed by atoms with Gasteiger partial charge in [0.2, 0.25) is 0 Å². The summed E-state index contributed by atoms with van der Waals surface area (Å²) in [6.07, 6.45) is -0.0200. The highest BCUT2D eigenvalue weighted by molar-refractivity contribution is 6.34. The van der Waals surface area contributed by atoms with Gasteiger partial charge in [-0.15, -0.1) is 0 Å². The number of esters is 1. The van der Waals surface area contributed by atoms with Crippen LogP contribution in [0, 0.1) is 0 Å². The molecule has 4 rings (SSSR count). The van der Waals surface area contributed by atoms with Gasteiger partial charge in [0.1, 0.15) is 12.7 Å². The molecule has 1 atom stereocenters. The van der Waals surface area contributed by atoms with Crippen molar-refractivity contribution in [1.82, 2.24) is 0 Å². The first-order valence-corrected chi connectivity index (χ1v) is 7.52. The molecule has 0 aliphatic carbocycles. The quantitative estimate of drug-likeness (QED) is 0.489. The Hall–Kier alpha value is -2.99. The van der Waals surface area contributed by atoms with Gasteiger partial charge in [-0.05, 0) is 30.3 Å². The number of hydrogen-bond donors (Lipinski definition) is 0. The molecule has 1 unspecified atom stereocenters. The molecule has 0 radical (unpaired) electrons. The van der Waals surface area contributed by atoms with Crippen LogP contribution < -0.4 is 4.90 Å². The lowest BCUT2D eigenvalue weighted by Crippen LogP contribution is -2.29. The maximum absolute atomic E-state index is 12.5. The Bertz CT molecular complexity index is 821. The second-order valence-corrected chi connectivity index (χ2v) is 5.60. The van der Waals surface area contributed by atoms with E-state index < -0.39 is 17.8 Å². The minimum absolute atomic E-state index is 0.0200. The lowest BCUT2D eigenvalue weighted by molar-refractivity contribution is 0.0476. The summed E-state index contributed by atoms with van der Waals surface area (Å²) < 4.78 is 10.1. The smallest absolute Gasteiger partial charge is 0.338 e. The molecule has 0 saturated carbocycles. The van der Waals surface area contributed by atoms with E-state index in [1.165, 1.54) is 6.07 Å². The van der Waals surface area contributed by atoms with Crippen LogP contribution in [0.15, 0.2) is 48.5 Å². The number of carbonyl (C=O) groups is 3. The molecule has 0 N–H and O–H groups in total. The molecule has 2 aliphatic heterocycles. The first-order valence-electron chi connectivity index (χ1n) is 7.52. The van der Waals surface area contributed by atoms with Crippen molar-refractivity contribution in [3.05, 3.63) is 65.2 Å². The molecule has 2 aliphatic rings. The zero-order chi connectivity index (χ0) is 16.7. The zero-order valence-corrected chi connectivity index (χ0v) is 12.6. The highest BCUT2D eigenvalue weighted by atomic mass is 16.6. The molecule has 1 fully saturated rings.